The third-order valence-corrected chi connectivity index (χ3v) is 4.82. The standard InChI is InChI=1S/C15H16N2OS2/c1-10-8-14(20-13(10)4-3-7-16)15(18)17-9-12-6-5-11(2)19-12/h5-6,8H,7,9,16H2,1-2H3,(H,17,18). The van der Waals surface area contributed by atoms with Crippen LogP contribution < -0.4 is 11.1 Å². The van der Waals surface area contributed by atoms with Crippen LogP contribution in [-0.2, 0) is 6.54 Å². The molecule has 0 fully saturated rings. The van der Waals surface area contributed by atoms with Gasteiger partial charge >= 0.3 is 0 Å². The van der Waals surface area contributed by atoms with Gasteiger partial charge in [-0.25, -0.2) is 0 Å². The average molecular weight is 304 g/mol. The Kier molecular flexibility index (Phi) is 4.96. The van der Waals surface area contributed by atoms with Gasteiger partial charge in [-0.15, -0.1) is 22.7 Å². The van der Waals surface area contributed by atoms with E-state index >= 15 is 0 Å². The van der Waals surface area contributed by atoms with E-state index in [0.717, 1.165) is 15.3 Å². The molecule has 2 heterocycles. The van der Waals surface area contributed by atoms with Crippen molar-refractivity contribution < 1.29 is 4.79 Å². The summed E-state index contributed by atoms with van der Waals surface area (Å²) < 4.78 is 0. The summed E-state index contributed by atoms with van der Waals surface area (Å²) in [5.41, 5.74) is 6.38. The van der Waals surface area contributed by atoms with E-state index in [9.17, 15) is 4.79 Å². The van der Waals surface area contributed by atoms with Gasteiger partial charge in [0.15, 0.2) is 0 Å². The average Bonchev–Trinajstić information content (AvgIpc) is 3.00. The summed E-state index contributed by atoms with van der Waals surface area (Å²) in [6.45, 7) is 4.91. The van der Waals surface area contributed by atoms with Gasteiger partial charge in [0, 0.05) is 9.75 Å². The van der Waals surface area contributed by atoms with Crippen LogP contribution in [0.4, 0.5) is 0 Å². The van der Waals surface area contributed by atoms with Crippen molar-refractivity contribution in [3.63, 3.8) is 0 Å². The van der Waals surface area contributed by atoms with Crippen LogP contribution in [0.15, 0.2) is 18.2 Å². The number of rotatable bonds is 3. The molecule has 5 heteroatoms. The van der Waals surface area contributed by atoms with Crippen LogP contribution in [0.25, 0.3) is 0 Å². The monoisotopic (exact) mass is 304 g/mol. The molecule has 0 atom stereocenters. The number of amides is 1. The Bertz CT molecular complexity index is 674. The van der Waals surface area contributed by atoms with Gasteiger partial charge in [0.1, 0.15) is 0 Å². The van der Waals surface area contributed by atoms with Gasteiger partial charge in [-0.2, -0.15) is 0 Å². The maximum absolute atomic E-state index is 12.1. The van der Waals surface area contributed by atoms with Crippen molar-refractivity contribution in [2.24, 2.45) is 5.73 Å². The number of hydrogen-bond acceptors (Lipinski definition) is 4. The van der Waals surface area contributed by atoms with E-state index in [4.69, 9.17) is 5.73 Å². The van der Waals surface area contributed by atoms with Crippen molar-refractivity contribution in [1.29, 1.82) is 0 Å². The molecule has 3 nitrogen and oxygen atoms in total. The van der Waals surface area contributed by atoms with E-state index < -0.39 is 0 Å². The van der Waals surface area contributed by atoms with E-state index in [1.165, 1.54) is 16.2 Å². The second kappa shape index (κ2) is 6.71. The maximum atomic E-state index is 12.1. The molecule has 0 aliphatic rings. The molecule has 0 radical (unpaired) electrons. The van der Waals surface area contributed by atoms with Crippen molar-refractivity contribution in [2.45, 2.75) is 20.4 Å². The van der Waals surface area contributed by atoms with E-state index in [1.807, 2.05) is 19.1 Å². The fraction of sp³-hybridized carbons (Fsp3) is 0.267. The highest BCUT2D eigenvalue weighted by Crippen LogP contribution is 2.21. The lowest BCUT2D eigenvalue weighted by atomic mass is 10.2. The largest absolute Gasteiger partial charge is 0.346 e. The molecule has 0 aromatic carbocycles. The third-order valence-electron chi connectivity index (χ3n) is 2.66. The van der Waals surface area contributed by atoms with Gasteiger partial charge in [-0.05, 0) is 37.6 Å². The Morgan fingerprint density at radius 1 is 1.35 bits per heavy atom. The lowest BCUT2D eigenvalue weighted by Crippen LogP contribution is -2.21. The van der Waals surface area contributed by atoms with Crippen molar-refractivity contribution in [3.8, 4) is 11.8 Å². The minimum Gasteiger partial charge on any atom is -0.346 e. The SMILES string of the molecule is Cc1ccc(CNC(=O)c2cc(C)c(C#CCN)s2)s1. The van der Waals surface area contributed by atoms with Gasteiger partial charge in [0.05, 0.1) is 22.8 Å². The number of aryl methyl sites for hydroxylation is 2. The summed E-state index contributed by atoms with van der Waals surface area (Å²) >= 11 is 3.11. The molecule has 3 N–H and O–H groups in total. The highest BCUT2D eigenvalue weighted by atomic mass is 32.1. The van der Waals surface area contributed by atoms with E-state index in [1.54, 1.807) is 11.3 Å². The van der Waals surface area contributed by atoms with Crippen LogP contribution in [0.3, 0.4) is 0 Å². The first-order valence-electron chi connectivity index (χ1n) is 6.23. The molecule has 0 bridgehead atoms. The van der Waals surface area contributed by atoms with Crippen molar-refractivity contribution in [3.05, 3.63) is 43.3 Å². The van der Waals surface area contributed by atoms with E-state index in [-0.39, 0.29) is 5.91 Å². The fourth-order valence-corrected chi connectivity index (χ4v) is 3.48. The molecule has 2 aromatic heterocycles. The summed E-state index contributed by atoms with van der Waals surface area (Å²) in [5, 5.41) is 2.93. The lowest BCUT2D eigenvalue weighted by Gasteiger charge is -2.00. The minimum absolute atomic E-state index is 0.0510. The van der Waals surface area contributed by atoms with Crippen LogP contribution in [0.1, 0.15) is 29.9 Å². The second-order valence-electron chi connectivity index (χ2n) is 4.32. The van der Waals surface area contributed by atoms with Gasteiger partial charge in [-0.3, -0.25) is 4.79 Å². The molecule has 0 aliphatic carbocycles. The molecular formula is C15H16N2OS2. The van der Waals surface area contributed by atoms with E-state index in [0.29, 0.717) is 18.0 Å². The topological polar surface area (TPSA) is 55.1 Å². The van der Waals surface area contributed by atoms with Gasteiger partial charge < -0.3 is 11.1 Å². The smallest absolute Gasteiger partial charge is 0.261 e. The van der Waals surface area contributed by atoms with Gasteiger partial charge in [-0.1, -0.05) is 11.8 Å². The quantitative estimate of drug-likeness (QED) is 0.857. The number of nitrogens with one attached hydrogen (secondary N) is 1. The van der Waals surface area contributed by atoms with Crippen LogP contribution >= 0.6 is 22.7 Å². The third kappa shape index (κ3) is 3.70. The number of nitrogens with two attached hydrogens (primary N) is 1. The van der Waals surface area contributed by atoms with Crippen LogP contribution in [-0.4, -0.2) is 12.5 Å². The number of carbonyl (C=O) groups is 1. The van der Waals surface area contributed by atoms with Crippen LogP contribution in [0.2, 0.25) is 0 Å². The molecule has 0 saturated heterocycles. The van der Waals surface area contributed by atoms with Gasteiger partial charge in [0.2, 0.25) is 0 Å². The summed E-state index contributed by atoms with van der Waals surface area (Å²) in [6, 6.07) is 5.97. The highest BCUT2D eigenvalue weighted by Gasteiger charge is 2.11. The van der Waals surface area contributed by atoms with Crippen LogP contribution in [0, 0.1) is 25.7 Å². The summed E-state index contributed by atoms with van der Waals surface area (Å²) in [4.78, 5) is 16.1. The molecule has 0 saturated carbocycles. The lowest BCUT2D eigenvalue weighted by molar-refractivity contribution is 0.0955. The molecular weight excluding hydrogens is 288 g/mol. The first-order chi connectivity index (χ1) is 9.60. The second-order valence-corrected chi connectivity index (χ2v) is 6.75. The maximum Gasteiger partial charge on any atom is 0.261 e. The zero-order valence-corrected chi connectivity index (χ0v) is 13.1. The van der Waals surface area contributed by atoms with E-state index in [2.05, 4.69) is 30.1 Å². The Labute approximate surface area is 126 Å². The minimum atomic E-state index is -0.0510. The first-order valence-corrected chi connectivity index (χ1v) is 7.86. The number of thiophene rings is 2. The molecule has 20 heavy (non-hydrogen) atoms. The number of carbonyl (C=O) groups excluding carboxylic acids is 1. The van der Waals surface area contributed by atoms with Crippen molar-refractivity contribution in [2.75, 3.05) is 6.54 Å². The van der Waals surface area contributed by atoms with Gasteiger partial charge in [0.25, 0.3) is 5.91 Å². The zero-order chi connectivity index (χ0) is 14.5. The first kappa shape index (κ1) is 14.8. The molecule has 1 amide bonds. The predicted octanol–water partition coefficient (Wildman–Crippen LogP) is 2.67. The molecule has 0 aliphatic heterocycles. The summed E-state index contributed by atoms with van der Waals surface area (Å²) in [7, 11) is 0. The van der Waals surface area contributed by atoms with Crippen molar-refractivity contribution >= 4 is 28.6 Å². The Hall–Kier alpha value is -1.61. The normalized spacial score (nSPS) is 9.95. The zero-order valence-electron chi connectivity index (χ0n) is 11.4. The molecule has 0 unspecified atom stereocenters. The number of hydrogen-bond donors (Lipinski definition) is 2. The fourth-order valence-electron chi connectivity index (χ4n) is 1.68. The summed E-state index contributed by atoms with van der Waals surface area (Å²) in [6.07, 6.45) is 0. The Morgan fingerprint density at radius 2 is 2.15 bits per heavy atom. The molecule has 0 spiro atoms. The van der Waals surface area contributed by atoms with Crippen molar-refractivity contribution in [1.82, 2.24) is 5.32 Å². The summed E-state index contributed by atoms with van der Waals surface area (Å²) in [5.74, 6) is 5.76. The molecule has 2 rings (SSSR count). The Morgan fingerprint density at radius 3 is 2.80 bits per heavy atom. The molecule has 104 valence electrons. The highest BCUT2D eigenvalue weighted by molar-refractivity contribution is 7.14. The predicted molar refractivity (Wildman–Crippen MR) is 85.2 cm³/mol. The Balaban J connectivity index is 2.02. The molecule has 2 aromatic rings. The van der Waals surface area contributed by atoms with Crippen LogP contribution in [0.5, 0.6) is 0 Å².